The van der Waals surface area contributed by atoms with Gasteiger partial charge >= 0.3 is 5.69 Å². The van der Waals surface area contributed by atoms with Crippen molar-refractivity contribution in [3.8, 4) is 0 Å². The molecule has 3 aromatic heterocycles. The van der Waals surface area contributed by atoms with Crippen LogP contribution in [0.3, 0.4) is 0 Å². The summed E-state index contributed by atoms with van der Waals surface area (Å²) in [6.07, 6.45) is 0. The molecule has 23 heavy (non-hydrogen) atoms. The minimum atomic E-state index is -0.432. The molecule has 9 nitrogen and oxygen atoms in total. The van der Waals surface area contributed by atoms with Gasteiger partial charge in [-0.3, -0.25) is 14.8 Å². The molecule has 0 amide bonds. The van der Waals surface area contributed by atoms with E-state index in [-0.39, 0.29) is 5.69 Å². The van der Waals surface area contributed by atoms with E-state index in [1.807, 2.05) is 20.8 Å². The van der Waals surface area contributed by atoms with Crippen molar-refractivity contribution < 1.29 is 4.92 Å². The second-order valence-corrected chi connectivity index (χ2v) is 6.19. The Morgan fingerprint density at radius 2 is 1.78 bits per heavy atom. The van der Waals surface area contributed by atoms with Gasteiger partial charge in [-0.1, -0.05) is 0 Å². The molecule has 0 fully saturated rings. The first kappa shape index (κ1) is 15.4. The Kier molecular flexibility index (Phi) is 3.55. The summed E-state index contributed by atoms with van der Waals surface area (Å²) in [5, 5.41) is 20.5. The number of nitrogens with zero attached hydrogens (tertiary/aromatic N) is 7. The maximum atomic E-state index is 11.2. The van der Waals surface area contributed by atoms with Crippen LogP contribution in [0, 0.1) is 37.8 Å². The molecule has 3 aromatic rings. The summed E-state index contributed by atoms with van der Waals surface area (Å²) in [4.78, 5) is 19.6. The van der Waals surface area contributed by atoms with Crippen LogP contribution < -0.4 is 0 Å². The SMILES string of the molecule is Cc1nc2nc(Sc3c([N+](=O)[O-])c(C)nn3C)nn2c(C)c1C. The fourth-order valence-corrected chi connectivity index (χ4v) is 3.23. The van der Waals surface area contributed by atoms with Crippen LogP contribution >= 0.6 is 11.8 Å². The zero-order valence-corrected chi connectivity index (χ0v) is 14.2. The van der Waals surface area contributed by atoms with Crippen LogP contribution in [0.5, 0.6) is 0 Å². The highest BCUT2D eigenvalue weighted by atomic mass is 32.2. The van der Waals surface area contributed by atoms with Crippen LogP contribution in [0.1, 0.15) is 22.6 Å². The van der Waals surface area contributed by atoms with E-state index in [1.54, 1.807) is 18.5 Å². The van der Waals surface area contributed by atoms with Crippen molar-refractivity contribution in [3.63, 3.8) is 0 Å². The lowest BCUT2D eigenvalue weighted by Crippen LogP contribution is -2.02. The van der Waals surface area contributed by atoms with Crippen molar-refractivity contribution in [2.45, 2.75) is 37.9 Å². The van der Waals surface area contributed by atoms with E-state index in [1.165, 1.54) is 4.68 Å². The largest absolute Gasteiger partial charge is 0.324 e. The molecule has 3 rings (SSSR count). The number of nitro groups is 1. The number of hydrogen-bond acceptors (Lipinski definition) is 7. The van der Waals surface area contributed by atoms with Gasteiger partial charge in [0, 0.05) is 18.4 Å². The zero-order chi connectivity index (χ0) is 16.9. The van der Waals surface area contributed by atoms with E-state index >= 15 is 0 Å². The zero-order valence-electron chi connectivity index (χ0n) is 13.4. The van der Waals surface area contributed by atoms with E-state index in [0.717, 1.165) is 28.7 Å². The first-order chi connectivity index (χ1) is 10.8. The highest BCUT2D eigenvalue weighted by Gasteiger charge is 2.26. The topological polar surface area (TPSA) is 104 Å². The summed E-state index contributed by atoms with van der Waals surface area (Å²) in [6, 6.07) is 0. The van der Waals surface area contributed by atoms with Gasteiger partial charge in [-0.05, 0) is 45.0 Å². The molecule has 0 radical (unpaired) electrons. The second-order valence-electron chi connectivity index (χ2n) is 5.24. The molecule has 0 saturated heterocycles. The Morgan fingerprint density at radius 3 is 2.43 bits per heavy atom. The molecule has 0 N–H and O–H groups in total. The van der Waals surface area contributed by atoms with Crippen LogP contribution in [-0.2, 0) is 7.05 Å². The van der Waals surface area contributed by atoms with Gasteiger partial charge in [-0.25, -0.2) is 9.50 Å². The molecule has 120 valence electrons. The van der Waals surface area contributed by atoms with E-state index in [0.29, 0.717) is 21.7 Å². The maximum Gasteiger partial charge on any atom is 0.324 e. The van der Waals surface area contributed by atoms with E-state index < -0.39 is 4.92 Å². The summed E-state index contributed by atoms with van der Waals surface area (Å²) in [6.45, 7) is 7.44. The smallest absolute Gasteiger partial charge is 0.258 e. The van der Waals surface area contributed by atoms with Crippen LogP contribution in [0.4, 0.5) is 5.69 Å². The molecule has 10 heteroatoms. The fourth-order valence-electron chi connectivity index (χ4n) is 2.32. The number of hydrogen-bond donors (Lipinski definition) is 0. The van der Waals surface area contributed by atoms with Gasteiger partial charge in [0.25, 0.3) is 5.78 Å². The van der Waals surface area contributed by atoms with Crippen LogP contribution in [0.2, 0.25) is 0 Å². The minimum absolute atomic E-state index is 0.0200. The normalized spacial score (nSPS) is 11.3. The average molecular weight is 333 g/mol. The van der Waals surface area contributed by atoms with Gasteiger partial charge in [-0.2, -0.15) is 10.1 Å². The summed E-state index contributed by atoms with van der Waals surface area (Å²) in [5.41, 5.74) is 3.23. The number of rotatable bonds is 3. The lowest BCUT2D eigenvalue weighted by Gasteiger charge is -2.04. The van der Waals surface area contributed by atoms with Gasteiger partial charge in [0.2, 0.25) is 5.16 Å². The average Bonchev–Trinajstić information content (AvgIpc) is 2.98. The summed E-state index contributed by atoms with van der Waals surface area (Å²) in [5.74, 6) is 0.481. The summed E-state index contributed by atoms with van der Waals surface area (Å²) in [7, 11) is 1.66. The Labute approximate surface area is 135 Å². The van der Waals surface area contributed by atoms with Crippen LogP contribution in [0.15, 0.2) is 10.2 Å². The van der Waals surface area contributed by atoms with Gasteiger partial charge < -0.3 is 0 Å². The second kappa shape index (κ2) is 5.30. The van der Waals surface area contributed by atoms with Crippen molar-refractivity contribution in [3.05, 3.63) is 32.8 Å². The Morgan fingerprint density at radius 1 is 1.09 bits per heavy atom. The van der Waals surface area contributed by atoms with Crippen LogP contribution in [-0.4, -0.2) is 34.3 Å². The monoisotopic (exact) mass is 333 g/mol. The van der Waals surface area contributed by atoms with Crippen molar-refractivity contribution in [2.24, 2.45) is 7.05 Å². The van der Waals surface area contributed by atoms with Crippen LogP contribution in [0.25, 0.3) is 5.78 Å². The maximum absolute atomic E-state index is 11.2. The van der Waals surface area contributed by atoms with Gasteiger partial charge in [0.15, 0.2) is 5.03 Å². The number of aryl methyl sites for hydroxylation is 4. The third kappa shape index (κ3) is 2.44. The highest BCUT2D eigenvalue weighted by Crippen LogP contribution is 2.35. The quantitative estimate of drug-likeness (QED) is 0.534. The molecule has 0 aromatic carbocycles. The molecule has 0 atom stereocenters. The Hall–Kier alpha value is -2.49. The third-order valence-electron chi connectivity index (χ3n) is 3.75. The number of fused-ring (bicyclic) bond motifs is 1. The van der Waals surface area contributed by atoms with Crippen molar-refractivity contribution in [1.82, 2.24) is 29.4 Å². The van der Waals surface area contributed by atoms with E-state index in [4.69, 9.17) is 0 Å². The fraction of sp³-hybridized carbons (Fsp3) is 0.385. The van der Waals surface area contributed by atoms with Gasteiger partial charge in [0.05, 0.1) is 4.92 Å². The summed E-state index contributed by atoms with van der Waals surface area (Å²) < 4.78 is 3.13. The van der Waals surface area contributed by atoms with Gasteiger partial charge in [-0.15, -0.1) is 5.10 Å². The molecule has 0 bridgehead atoms. The Balaban J connectivity index is 2.10. The predicted octanol–water partition coefficient (Wildman–Crippen LogP) is 2.15. The third-order valence-corrected chi connectivity index (χ3v) is 4.76. The highest BCUT2D eigenvalue weighted by molar-refractivity contribution is 7.99. The molecule has 0 saturated carbocycles. The standard InChI is InChI=1S/C13H15N7O2S/c1-6-7(2)14-12-15-13(17-19(12)9(6)4)23-11-10(20(21)22)8(3)16-18(11)5/h1-5H3. The molecule has 0 aliphatic rings. The summed E-state index contributed by atoms with van der Waals surface area (Å²) >= 11 is 1.11. The molecule has 0 spiro atoms. The number of aromatic nitrogens is 6. The molecule has 0 aliphatic heterocycles. The molecular weight excluding hydrogens is 318 g/mol. The molecule has 0 aliphatic carbocycles. The van der Waals surface area contributed by atoms with Gasteiger partial charge in [0.1, 0.15) is 5.69 Å². The lowest BCUT2D eigenvalue weighted by molar-refractivity contribution is -0.388. The van der Waals surface area contributed by atoms with Crippen molar-refractivity contribution in [2.75, 3.05) is 0 Å². The molecular formula is C13H15N7O2S. The van der Waals surface area contributed by atoms with Crippen molar-refractivity contribution >= 4 is 23.2 Å². The minimum Gasteiger partial charge on any atom is -0.258 e. The van der Waals surface area contributed by atoms with Crippen molar-refractivity contribution in [1.29, 1.82) is 0 Å². The first-order valence-corrected chi connectivity index (χ1v) is 7.67. The Bertz CT molecular complexity index is 944. The van der Waals surface area contributed by atoms with E-state index in [9.17, 15) is 10.1 Å². The predicted molar refractivity (Wildman–Crippen MR) is 83.7 cm³/mol. The molecule has 0 unspecified atom stereocenters. The lowest BCUT2D eigenvalue weighted by atomic mass is 10.2. The molecule has 3 heterocycles. The van der Waals surface area contributed by atoms with E-state index in [2.05, 4.69) is 20.2 Å². The first-order valence-electron chi connectivity index (χ1n) is 6.86.